The van der Waals surface area contributed by atoms with Crippen LogP contribution in [0.5, 0.6) is 0 Å². The van der Waals surface area contributed by atoms with Gasteiger partial charge in [-0.3, -0.25) is 0 Å². The number of benzene rings is 1. The van der Waals surface area contributed by atoms with Crippen molar-refractivity contribution in [2.45, 2.75) is 13.1 Å². The van der Waals surface area contributed by atoms with Crippen molar-refractivity contribution in [1.82, 2.24) is 4.98 Å². The summed E-state index contributed by atoms with van der Waals surface area (Å²) in [6.45, 7) is 1.43. The maximum Gasteiger partial charge on any atom is 0.416 e. The minimum Gasteiger partial charge on any atom is -0.340 e. The van der Waals surface area contributed by atoms with E-state index in [-0.39, 0.29) is 5.56 Å². The summed E-state index contributed by atoms with van der Waals surface area (Å²) in [5.74, 6) is 0.478. The van der Waals surface area contributed by atoms with Gasteiger partial charge in [0.15, 0.2) is 0 Å². The van der Waals surface area contributed by atoms with E-state index in [9.17, 15) is 13.2 Å². The normalized spacial score (nSPS) is 11.4. The SMILES string of the molecule is Cc1ccc(Nc2cccc(Br)n2)cc1C(F)(F)F. The Bertz CT molecular complexity index is 597. The summed E-state index contributed by atoms with van der Waals surface area (Å²) in [4.78, 5) is 4.11. The highest BCUT2D eigenvalue weighted by atomic mass is 79.9. The molecule has 1 aromatic heterocycles. The second-order valence-corrected chi connectivity index (χ2v) is 4.81. The molecule has 2 rings (SSSR count). The van der Waals surface area contributed by atoms with Crippen molar-refractivity contribution >= 4 is 27.4 Å². The predicted octanol–water partition coefficient (Wildman–Crippen LogP) is 4.91. The molecule has 1 heterocycles. The first kappa shape index (κ1) is 13.9. The van der Waals surface area contributed by atoms with Crippen LogP contribution in [0, 0.1) is 6.92 Å². The summed E-state index contributed by atoms with van der Waals surface area (Å²) in [7, 11) is 0. The van der Waals surface area contributed by atoms with Crippen LogP contribution in [0.1, 0.15) is 11.1 Å². The number of hydrogen-bond acceptors (Lipinski definition) is 2. The third-order valence-electron chi connectivity index (χ3n) is 2.53. The van der Waals surface area contributed by atoms with E-state index in [2.05, 4.69) is 26.2 Å². The van der Waals surface area contributed by atoms with Gasteiger partial charge in [0.1, 0.15) is 10.4 Å². The summed E-state index contributed by atoms with van der Waals surface area (Å²) in [6, 6.07) is 9.27. The van der Waals surface area contributed by atoms with Crippen LogP contribution in [0.3, 0.4) is 0 Å². The zero-order chi connectivity index (χ0) is 14.0. The molecule has 0 spiro atoms. The summed E-state index contributed by atoms with van der Waals surface area (Å²) in [5, 5.41) is 2.84. The Labute approximate surface area is 116 Å². The Morgan fingerprint density at radius 1 is 1.16 bits per heavy atom. The summed E-state index contributed by atoms with van der Waals surface area (Å²) < 4.78 is 39.0. The van der Waals surface area contributed by atoms with Crippen molar-refractivity contribution in [3.63, 3.8) is 0 Å². The van der Waals surface area contributed by atoms with Gasteiger partial charge >= 0.3 is 6.18 Å². The lowest BCUT2D eigenvalue weighted by Gasteiger charge is -2.13. The third-order valence-corrected chi connectivity index (χ3v) is 2.97. The Morgan fingerprint density at radius 3 is 2.53 bits per heavy atom. The minimum atomic E-state index is -4.35. The molecule has 0 fully saturated rings. The Hall–Kier alpha value is -1.56. The van der Waals surface area contributed by atoms with Crippen molar-refractivity contribution < 1.29 is 13.2 Å². The van der Waals surface area contributed by atoms with Crippen LogP contribution in [0.25, 0.3) is 0 Å². The number of pyridine rings is 1. The first-order valence-electron chi connectivity index (χ1n) is 5.44. The molecule has 2 aromatic rings. The number of nitrogens with zero attached hydrogens (tertiary/aromatic N) is 1. The number of nitrogens with one attached hydrogen (secondary N) is 1. The van der Waals surface area contributed by atoms with Crippen molar-refractivity contribution in [1.29, 1.82) is 0 Å². The summed E-state index contributed by atoms with van der Waals surface area (Å²) in [5.41, 5.74) is -0.101. The smallest absolute Gasteiger partial charge is 0.340 e. The Balaban J connectivity index is 2.32. The number of halogens is 4. The van der Waals surface area contributed by atoms with Crippen LogP contribution in [0.15, 0.2) is 41.0 Å². The lowest BCUT2D eigenvalue weighted by molar-refractivity contribution is -0.138. The van der Waals surface area contributed by atoms with Gasteiger partial charge in [0.05, 0.1) is 5.56 Å². The van der Waals surface area contributed by atoms with Crippen LogP contribution in [0.2, 0.25) is 0 Å². The lowest BCUT2D eigenvalue weighted by atomic mass is 10.1. The minimum absolute atomic E-state index is 0.195. The molecule has 6 heteroatoms. The third kappa shape index (κ3) is 3.47. The average Bonchev–Trinajstić information content (AvgIpc) is 2.30. The van der Waals surface area contributed by atoms with E-state index in [0.717, 1.165) is 6.07 Å². The Kier molecular flexibility index (Phi) is 3.80. The van der Waals surface area contributed by atoms with E-state index in [1.54, 1.807) is 24.3 Å². The van der Waals surface area contributed by atoms with Gasteiger partial charge in [0.25, 0.3) is 0 Å². The average molecular weight is 331 g/mol. The number of rotatable bonds is 2. The number of hydrogen-bond donors (Lipinski definition) is 1. The number of alkyl halides is 3. The van der Waals surface area contributed by atoms with E-state index >= 15 is 0 Å². The largest absolute Gasteiger partial charge is 0.416 e. The van der Waals surface area contributed by atoms with E-state index in [1.807, 2.05) is 0 Å². The summed E-state index contributed by atoms with van der Waals surface area (Å²) >= 11 is 3.20. The quantitative estimate of drug-likeness (QED) is 0.791. The fourth-order valence-corrected chi connectivity index (χ4v) is 1.97. The van der Waals surface area contributed by atoms with E-state index in [1.165, 1.54) is 13.0 Å². The topological polar surface area (TPSA) is 24.9 Å². The first-order chi connectivity index (χ1) is 8.86. The van der Waals surface area contributed by atoms with Crippen molar-refractivity contribution in [2.24, 2.45) is 0 Å². The molecule has 0 saturated carbocycles. The standard InChI is InChI=1S/C13H10BrF3N2/c1-8-5-6-9(7-10(8)13(15,16)17)18-12-4-2-3-11(14)19-12/h2-7H,1H3,(H,18,19). The maximum atomic E-state index is 12.8. The van der Waals surface area contributed by atoms with E-state index in [0.29, 0.717) is 16.1 Å². The fourth-order valence-electron chi connectivity index (χ4n) is 1.63. The van der Waals surface area contributed by atoms with Gasteiger partial charge in [0.2, 0.25) is 0 Å². The fraction of sp³-hybridized carbons (Fsp3) is 0.154. The Morgan fingerprint density at radius 2 is 1.89 bits per heavy atom. The second kappa shape index (κ2) is 5.21. The predicted molar refractivity (Wildman–Crippen MR) is 71.4 cm³/mol. The lowest BCUT2D eigenvalue weighted by Crippen LogP contribution is -2.08. The van der Waals surface area contributed by atoms with Crippen molar-refractivity contribution in [3.05, 3.63) is 52.1 Å². The number of aromatic nitrogens is 1. The zero-order valence-electron chi connectivity index (χ0n) is 9.92. The highest BCUT2D eigenvalue weighted by Crippen LogP contribution is 2.34. The molecular weight excluding hydrogens is 321 g/mol. The molecule has 19 heavy (non-hydrogen) atoms. The van der Waals surface area contributed by atoms with Crippen LogP contribution >= 0.6 is 15.9 Å². The molecule has 0 amide bonds. The van der Waals surface area contributed by atoms with Crippen molar-refractivity contribution in [2.75, 3.05) is 5.32 Å². The van der Waals surface area contributed by atoms with Crippen LogP contribution in [0.4, 0.5) is 24.7 Å². The molecule has 0 bridgehead atoms. The van der Waals surface area contributed by atoms with E-state index < -0.39 is 11.7 Å². The molecule has 0 saturated heterocycles. The zero-order valence-corrected chi connectivity index (χ0v) is 11.5. The molecule has 0 aliphatic heterocycles. The van der Waals surface area contributed by atoms with Gasteiger partial charge in [-0.15, -0.1) is 0 Å². The van der Waals surface area contributed by atoms with Crippen molar-refractivity contribution in [3.8, 4) is 0 Å². The molecule has 2 nitrogen and oxygen atoms in total. The molecule has 0 aliphatic rings. The van der Waals surface area contributed by atoms with Gasteiger partial charge < -0.3 is 5.32 Å². The van der Waals surface area contributed by atoms with Gasteiger partial charge in [-0.25, -0.2) is 4.98 Å². The summed E-state index contributed by atoms with van der Waals surface area (Å²) in [6.07, 6.45) is -4.35. The molecule has 0 aliphatic carbocycles. The highest BCUT2D eigenvalue weighted by Gasteiger charge is 2.32. The van der Waals surface area contributed by atoms with Crippen LogP contribution in [-0.2, 0) is 6.18 Å². The van der Waals surface area contributed by atoms with Gasteiger partial charge in [0, 0.05) is 5.69 Å². The molecule has 1 aromatic carbocycles. The van der Waals surface area contributed by atoms with Crippen LogP contribution < -0.4 is 5.32 Å². The number of aryl methyl sites for hydroxylation is 1. The molecular formula is C13H10BrF3N2. The molecule has 100 valence electrons. The van der Waals surface area contributed by atoms with Crippen LogP contribution in [-0.4, -0.2) is 4.98 Å². The molecule has 0 radical (unpaired) electrons. The second-order valence-electron chi connectivity index (χ2n) is 4.00. The van der Waals surface area contributed by atoms with Gasteiger partial charge in [-0.05, 0) is 52.7 Å². The monoisotopic (exact) mass is 330 g/mol. The highest BCUT2D eigenvalue weighted by molar-refractivity contribution is 9.10. The first-order valence-corrected chi connectivity index (χ1v) is 6.23. The molecule has 0 atom stereocenters. The van der Waals surface area contributed by atoms with E-state index in [4.69, 9.17) is 0 Å². The maximum absolute atomic E-state index is 12.8. The van der Waals surface area contributed by atoms with Gasteiger partial charge in [-0.2, -0.15) is 13.2 Å². The molecule has 1 N–H and O–H groups in total. The molecule has 0 unspecified atom stereocenters. The number of anilines is 2. The van der Waals surface area contributed by atoms with Gasteiger partial charge in [-0.1, -0.05) is 12.1 Å².